The minimum absolute atomic E-state index is 0.267. The summed E-state index contributed by atoms with van der Waals surface area (Å²) in [7, 11) is -2.50. The molecule has 60 valence electrons. The Morgan fingerprint density at radius 1 is 1.36 bits per heavy atom. The maximum Gasteiger partial charge on any atom is 0.168 e. The zero-order chi connectivity index (χ0) is 8.43. The van der Waals surface area contributed by atoms with Crippen molar-refractivity contribution in [3.05, 3.63) is 23.8 Å². The molecule has 0 atom stereocenters. The second-order valence-electron chi connectivity index (χ2n) is 2.30. The van der Waals surface area contributed by atoms with E-state index >= 15 is 0 Å². The molecule has 0 heterocycles. The van der Waals surface area contributed by atoms with E-state index in [1.165, 1.54) is 12.1 Å². The number of thiol groups is 1. The van der Waals surface area contributed by atoms with Gasteiger partial charge in [-0.25, -0.2) is 8.42 Å². The van der Waals surface area contributed by atoms with Crippen LogP contribution in [0.15, 0.2) is 23.1 Å². The molecule has 1 rings (SSSR count). The third kappa shape index (κ3) is 1.71. The van der Waals surface area contributed by atoms with E-state index in [2.05, 4.69) is 0 Å². The highest BCUT2D eigenvalue weighted by atomic mass is 32.2. The Balaban J connectivity index is 3.26. The lowest BCUT2D eigenvalue weighted by Gasteiger charge is -1.98. The Bertz CT molecular complexity index is 336. The highest BCUT2D eigenvalue weighted by molar-refractivity contribution is 7.72. The van der Waals surface area contributed by atoms with E-state index in [1.54, 1.807) is 6.07 Å². The Morgan fingerprint density at radius 2 is 2.00 bits per heavy atom. The van der Waals surface area contributed by atoms with Crippen LogP contribution in [0.4, 0.5) is 5.69 Å². The van der Waals surface area contributed by atoms with E-state index in [-0.39, 0.29) is 4.90 Å². The van der Waals surface area contributed by atoms with Gasteiger partial charge in [-0.3, -0.25) is 0 Å². The molecule has 0 aliphatic carbocycles. The number of aryl methyl sites for hydroxylation is 1. The van der Waals surface area contributed by atoms with Gasteiger partial charge in [-0.15, -0.1) is 0 Å². The number of rotatable bonds is 1. The molecule has 0 bridgehead atoms. The van der Waals surface area contributed by atoms with Gasteiger partial charge in [0.2, 0.25) is 0 Å². The van der Waals surface area contributed by atoms with Crippen LogP contribution in [-0.4, -0.2) is 8.42 Å². The molecule has 3 nitrogen and oxygen atoms in total. The summed E-state index contributed by atoms with van der Waals surface area (Å²) in [5.41, 5.74) is 6.90. The largest absolute Gasteiger partial charge is 0.398 e. The van der Waals surface area contributed by atoms with Crippen LogP contribution in [0.5, 0.6) is 0 Å². The van der Waals surface area contributed by atoms with Crippen molar-refractivity contribution in [1.29, 1.82) is 0 Å². The fourth-order valence-corrected chi connectivity index (χ4v) is 1.18. The Kier molecular flexibility index (Phi) is 2.14. The number of nitrogen functional groups attached to an aromatic ring is 1. The van der Waals surface area contributed by atoms with E-state index in [0.717, 1.165) is 5.56 Å². The fraction of sp³-hybridized carbons (Fsp3) is 0.143. The average molecular weight is 171 g/mol. The molecule has 11 heavy (non-hydrogen) atoms. The van der Waals surface area contributed by atoms with Crippen molar-refractivity contribution in [2.45, 2.75) is 11.8 Å². The minimum atomic E-state index is -2.50. The van der Waals surface area contributed by atoms with Crippen molar-refractivity contribution in [3.63, 3.8) is 0 Å². The summed E-state index contributed by atoms with van der Waals surface area (Å²) in [5.74, 6) is 0. The third-order valence-electron chi connectivity index (χ3n) is 1.47. The molecule has 0 unspecified atom stereocenters. The van der Waals surface area contributed by atoms with Crippen LogP contribution in [0.25, 0.3) is 0 Å². The SMILES string of the molecule is Cc1ccc([SH](=O)=O)cc1N. The molecule has 0 aliphatic heterocycles. The highest BCUT2D eigenvalue weighted by Crippen LogP contribution is 2.13. The van der Waals surface area contributed by atoms with Crippen molar-refractivity contribution < 1.29 is 8.42 Å². The van der Waals surface area contributed by atoms with Crippen LogP contribution in [0.1, 0.15) is 5.56 Å². The lowest BCUT2D eigenvalue weighted by Crippen LogP contribution is -1.90. The van der Waals surface area contributed by atoms with Gasteiger partial charge in [0.1, 0.15) is 0 Å². The molecule has 2 N–H and O–H groups in total. The summed E-state index contributed by atoms with van der Waals surface area (Å²) in [5, 5.41) is 0. The second kappa shape index (κ2) is 2.92. The Hall–Kier alpha value is -1.03. The lowest BCUT2D eigenvalue weighted by atomic mass is 10.2. The van der Waals surface area contributed by atoms with E-state index in [9.17, 15) is 8.42 Å². The molecular weight excluding hydrogens is 162 g/mol. The van der Waals surface area contributed by atoms with Gasteiger partial charge in [0.15, 0.2) is 10.7 Å². The number of anilines is 1. The maximum atomic E-state index is 10.4. The summed E-state index contributed by atoms with van der Waals surface area (Å²) in [6.07, 6.45) is 0. The van der Waals surface area contributed by atoms with Gasteiger partial charge in [-0.1, -0.05) is 6.07 Å². The Morgan fingerprint density at radius 3 is 2.45 bits per heavy atom. The van der Waals surface area contributed by atoms with Crippen LogP contribution in [0.2, 0.25) is 0 Å². The van der Waals surface area contributed by atoms with Crippen molar-refractivity contribution in [2.24, 2.45) is 0 Å². The normalized spacial score (nSPS) is 10.4. The van der Waals surface area contributed by atoms with E-state index < -0.39 is 10.7 Å². The summed E-state index contributed by atoms with van der Waals surface area (Å²) in [4.78, 5) is 0.267. The highest BCUT2D eigenvalue weighted by Gasteiger charge is 1.96. The summed E-state index contributed by atoms with van der Waals surface area (Å²) in [6, 6.07) is 4.69. The molecule has 0 fully saturated rings. The van der Waals surface area contributed by atoms with Gasteiger partial charge in [0.05, 0.1) is 4.90 Å². The van der Waals surface area contributed by atoms with Crippen molar-refractivity contribution in [3.8, 4) is 0 Å². The standard InChI is InChI=1S/C7H9NO2S/c1-5-2-3-6(11(9)10)4-7(5)8/h2-4,11H,8H2,1H3. The monoisotopic (exact) mass is 171 g/mol. The fourth-order valence-electron chi connectivity index (χ4n) is 0.741. The number of benzene rings is 1. The molecule has 1 aromatic carbocycles. The minimum Gasteiger partial charge on any atom is -0.398 e. The smallest absolute Gasteiger partial charge is 0.168 e. The van der Waals surface area contributed by atoms with E-state index in [4.69, 9.17) is 5.73 Å². The first-order valence-electron chi connectivity index (χ1n) is 3.12. The van der Waals surface area contributed by atoms with E-state index in [0.29, 0.717) is 5.69 Å². The predicted octanol–water partition coefficient (Wildman–Crippen LogP) is 0.548. The zero-order valence-corrected chi connectivity index (χ0v) is 6.97. The summed E-state index contributed by atoms with van der Waals surface area (Å²) in [6.45, 7) is 1.83. The van der Waals surface area contributed by atoms with Gasteiger partial charge in [0, 0.05) is 5.69 Å². The number of nitrogens with two attached hydrogens (primary N) is 1. The molecule has 0 amide bonds. The molecule has 1 aromatic rings. The molecule has 0 radical (unpaired) electrons. The van der Waals surface area contributed by atoms with E-state index in [1.807, 2.05) is 6.92 Å². The van der Waals surface area contributed by atoms with Gasteiger partial charge >= 0.3 is 0 Å². The quantitative estimate of drug-likeness (QED) is 0.479. The van der Waals surface area contributed by atoms with Gasteiger partial charge in [-0.05, 0) is 24.6 Å². The second-order valence-corrected chi connectivity index (χ2v) is 3.33. The van der Waals surface area contributed by atoms with Crippen molar-refractivity contribution >= 4 is 16.4 Å². The lowest BCUT2D eigenvalue weighted by molar-refractivity contribution is 0.614. The predicted molar refractivity (Wildman–Crippen MR) is 44.2 cm³/mol. The summed E-state index contributed by atoms with van der Waals surface area (Å²) >= 11 is 0. The van der Waals surface area contributed by atoms with Gasteiger partial charge in [0.25, 0.3) is 0 Å². The van der Waals surface area contributed by atoms with Crippen LogP contribution >= 0.6 is 0 Å². The van der Waals surface area contributed by atoms with Crippen LogP contribution in [0, 0.1) is 6.92 Å². The maximum absolute atomic E-state index is 10.4. The van der Waals surface area contributed by atoms with Gasteiger partial charge in [-0.2, -0.15) is 0 Å². The van der Waals surface area contributed by atoms with Crippen LogP contribution < -0.4 is 5.73 Å². The molecule has 0 aliphatic rings. The zero-order valence-electron chi connectivity index (χ0n) is 6.07. The Labute approximate surface area is 66.8 Å². The first-order valence-corrected chi connectivity index (χ1v) is 4.29. The first kappa shape index (κ1) is 8.07. The first-order chi connectivity index (χ1) is 5.11. The topological polar surface area (TPSA) is 60.2 Å². The van der Waals surface area contributed by atoms with Crippen molar-refractivity contribution in [1.82, 2.24) is 0 Å². The van der Waals surface area contributed by atoms with Gasteiger partial charge < -0.3 is 5.73 Å². The molecule has 0 aromatic heterocycles. The number of hydrogen-bond donors (Lipinski definition) is 2. The number of hydrogen-bond acceptors (Lipinski definition) is 3. The molecular formula is C7H9NO2S. The van der Waals surface area contributed by atoms with Crippen molar-refractivity contribution in [2.75, 3.05) is 5.73 Å². The third-order valence-corrected chi connectivity index (χ3v) is 2.17. The molecule has 0 saturated heterocycles. The molecule has 4 heteroatoms. The molecule has 0 spiro atoms. The molecule has 0 saturated carbocycles. The van der Waals surface area contributed by atoms with Crippen LogP contribution in [0.3, 0.4) is 0 Å². The average Bonchev–Trinajstić information content (AvgIpc) is 1.94. The summed E-state index contributed by atoms with van der Waals surface area (Å²) < 4.78 is 20.9. The van der Waals surface area contributed by atoms with Crippen LogP contribution in [-0.2, 0) is 10.7 Å².